The molecule has 3 aromatic carbocycles. The smallest absolute Gasteiger partial charge is 0.308 e. The van der Waals surface area contributed by atoms with E-state index in [1.807, 2.05) is 25.1 Å². The number of urea groups is 1. The molecule has 3 aromatic rings. The highest BCUT2D eigenvalue weighted by Crippen LogP contribution is 2.34. The summed E-state index contributed by atoms with van der Waals surface area (Å²) in [6.45, 7) is 2.27. The first-order valence-corrected chi connectivity index (χ1v) is 11.3. The summed E-state index contributed by atoms with van der Waals surface area (Å²) in [6, 6.07) is 17.0. The van der Waals surface area contributed by atoms with E-state index >= 15 is 0 Å². The summed E-state index contributed by atoms with van der Waals surface area (Å²) < 4.78 is 40.9. The average molecular weight is 440 g/mol. The molecule has 0 atom stereocenters. The number of nitrogens with zero attached hydrogens (tertiary/aromatic N) is 1. The standard InChI is InChI=1S/C23H22FN3O3S/c1-16-4-9-19(10-5-16)25-23(28)26-20-11-6-17-3-2-14-27(22(17)15-20)31(29,30)21-12-7-18(24)8-13-21/h4-13,15H,2-3,14H2,1H3,(H2,25,26,28). The van der Waals surface area contributed by atoms with Gasteiger partial charge in [0.2, 0.25) is 0 Å². The number of fused-ring (bicyclic) bond motifs is 1. The maximum Gasteiger partial charge on any atom is 0.323 e. The molecule has 0 spiro atoms. The lowest BCUT2D eigenvalue weighted by atomic mass is 10.0. The fraction of sp³-hybridized carbons (Fsp3) is 0.174. The number of nitrogens with one attached hydrogen (secondary N) is 2. The lowest BCUT2D eigenvalue weighted by molar-refractivity contribution is 0.262. The Kier molecular flexibility index (Phi) is 5.65. The number of carbonyl (C=O) groups is 1. The molecule has 0 fully saturated rings. The van der Waals surface area contributed by atoms with E-state index < -0.39 is 21.9 Å². The molecular weight excluding hydrogens is 417 g/mol. The van der Waals surface area contributed by atoms with Crippen molar-refractivity contribution in [1.82, 2.24) is 0 Å². The zero-order valence-corrected chi connectivity index (χ0v) is 17.7. The molecule has 0 radical (unpaired) electrons. The molecule has 8 heteroatoms. The first-order chi connectivity index (χ1) is 14.8. The van der Waals surface area contributed by atoms with Crippen LogP contribution >= 0.6 is 0 Å². The van der Waals surface area contributed by atoms with Crippen LogP contribution in [0.4, 0.5) is 26.2 Å². The van der Waals surface area contributed by atoms with Crippen molar-refractivity contribution in [3.63, 3.8) is 0 Å². The normalized spacial score (nSPS) is 13.4. The first-order valence-electron chi connectivity index (χ1n) is 9.89. The zero-order valence-electron chi connectivity index (χ0n) is 16.9. The lowest BCUT2D eigenvalue weighted by Gasteiger charge is -2.31. The number of aryl methyl sites for hydroxylation is 2. The number of carbonyl (C=O) groups excluding carboxylic acids is 1. The van der Waals surface area contributed by atoms with Gasteiger partial charge in [-0.3, -0.25) is 4.31 Å². The van der Waals surface area contributed by atoms with Crippen LogP contribution in [0.2, 0.25) is 0 Å². The van der Waals surface area contributed by atoms with Crippen LogP contribution in [0.3, 0.4) is 0 Å². The van der Waals surface area contributed by atoms with Crippen LogP contribution in [-0.2, 0) is 16.4 Å². The number of amides is 2. The molecule has 4 rings (SSSR count). The molecule has 0 unspecified atom stereocenters. The van der Waals surface area contributed by atoms with Gasteiger partial charge in [0, 0.05) is 17.9 Å². The van der Waals surface area contributed by atoms with Gasteiger partial charge in [-0.1, -0.05) is 23.8 Å². The van der Waals surface area contributed by atoms with E-state index in [0.717, 1.165) is 29.7 Å². The number of halogens is 1. The van der Waals surface area contributed by atoms with Crippen molar-refractivity contribution in [2.45, 2.75) is 24.7 Å². The third-order valence-electron chi connectivity index (χ3n) is 5.13. The fourth-order valence-corrected chi connectivity index (χ4v) is 5.07. The second-order valence-electron chi connectivity index (χ2n) is 7.42. The third kappa shape index (κ3) is 4.54. The monoisotopic (exact) mass is 439 g/mol. The molecule has 2 amide bonds. The van der Waals surface area contributed by atoms with E-state index in [4.69, 9.17) is 0 Å². The Balaban J connectivity index is 1.58. The minimum atomic E-state index is -3.85. The van der Waals surface area contributed by atoms with E-state index in [9.17, 15) is 17.6 Å². The van der Waals surface area contributed by atoms with Crippen molar-refractivity contribution in [3.8, 4) is 0 Å². The molecule has 1 heterocycles. The molecule has 0 bridgehead atoms. The second kappa shape index (κ2) is 8.39. The van der Waals surface area contributed by atoms with E-state index in [1.54, 1.807) is 24.3 Å². The van der Waals surface area contributed by atoms with E-state index in [0.29, 0.717) is 30.0 Å². The highest BCUT2D eigenvalue weighted by molar-refractivity contribution is 7.92. The Morgan fingerprint density at radius 2 is 1.58 bits per heavy atom. The molecular formula is C23H22FN3O3S. The molecule has 6 nitrogen and oxygen atoms in total. The molecule has 1 aliphatic rings. The second-order valence-corrected chi connectivity index (χ2v) is 9.29. The van der Waals surface area contributed by atoms with Crippen LogP contribution in [0.25, 0.3) is 0 Å². The number of sulfonamides is 1. The Hall–Kier alpha value is -3.39. The maximum absolute atomic E-state index is 13.3. The molecule has 0 aromatic heterocycles. The summed E-state index contributed by atoms with van der Waals surface area (Å²) in [4.78, 5) is 12.4. The number of hydrogen-bond donors (Lipinski definition) is 2. The van der Waals surface area contributed by atoms with Gasteiger partial charge in [-0.05, 0) is 73.9 Å². The van der Waals surface area contributed by atoms with E-state index in [-0.39, 0.29) is 4.90 Å². The highest BCUT2D eigenvalue weighted by atomic mass is 32.2. The number of rotatable bonds is 4. The van der Waals surface area contributed by atoms with Crippen LogP contribution in [0.1, 0.15) is 17.5 Å². The predicted octanol–water partition coefficient (Wildman–Crippen LogP) is 4.92. The minimum absolute atomic E-state index is 0.0252. The Labute approximate surface area is 180 Å². The van der Waals surface area contributed by atoms with Crippen LogP contribution < -0.4 is 14.9 Å². The number of hydrogen-bond acceptors (Lipinski definition) is 3. The maximum atomic E-state index is 13.3. The van der Waals surface area contributed by atoms with Crippen molar-refractivity contribution in [1.29, 1.82) is 0 Å². The topological polar surface area (TPSA) is 78.5 Å². The van der Waals surface area contributed by atoms with Crippen molar-refractivity contribution in [2.24, 2.45) is 0 Å². The minimum Gasteiger partial charge on any atom is -0.308 e. The quantitative estimate of drug-likeness (QED) is 0.606. The molecule has 0 saturated heterocycles. The molecule has 160 valence electrons. The summed E-state index contributed by atoms with van der Waals surface area (Å²) in [7, 11) is -3.85. The zero-order chi connectivity index (χ0) is 22.0. The SMILES string of the molecule is Cc1ccc(NC(=O)Nc2ccc3c(c2)N(S(=O)(=O)c2ccc(F)cc2)CCC3)cc1. The molecule has 0 saturated carbocycles. The first kappa shape index (κ1) is 20.9. The van der Waals surface area contributed by atoms with Gasteiger partial charge >= 0.3 is 6.03 Å². The Morgan fingerprint density at radius 1 is 0.935 bits per heavy atom. The summed E-state index contributed by atoms with van der Waals surface area (Å²) in [5, 5.41) is 5.51. The number of anilines is 3. The summed E-state index contributed by atoms with van der Waals surface area (Å²) >= 11 is 0. The Morgan fingerprint density at radius 3 is 2.29 bits per heavy atom. The van der Waals surface area contributed by atoms with Crippen LogP contribution in [0.15, 0.2) is 71.6 Å². The van der Waals surface area contributed by atoms with Gasteiger partial charge in [0.1, 0.15) is 5.82 Å². The van der Waals surface area contributed by atoms with E-state index in [2.05, 4.69) is 10.6 Å². The number of benzene rings is 3. The van der Waals surface area contributed by atoms with Gasteiger partial charge in [-0.2, -0.15) is 0 Å². The molecule has 0 aliphatic carbocycles. The molecule has 31 heavy (non-hydrogen) atoms. The summed E-state index contributed by atoms with van der Waals surface area (Å²) in [5.74, 6) is -0.496. The van der Waals surface area contributed by atoms with Crippen LogP contribution in [-0.4, -0.2) is 21.0 Å². The largest absolute Gasteiger partial charge is 0.323 e. The van der Waals surface area contributed by atoms with E-state index in [1.165, 1.54) is 16.4 Å². The average Bonchev–Trinajstić information content (AvgIpc) is 2.75. The van der Waals surface area contributed by atoms with Crippen molar-refractivity contribution in [2.75, 3.05) is 21.5 Å². The fourth-order valence-electron chi connectivity index (χ4n) is 3.53. The van der Waals surface area contributed by atoms with Crippen molar-refractivity contribution >= 4 is 33.1 Å². The van der Waals surface area contributed by atoms with Crippen LogP contribution in [0.5, 0.6) is 0 Å². The van der Waals surface area contributed by atoms with Gasteiger partial charge in [0.25, 0.3) is 10.0 Å². The predicted molar refractivity (Wildman–Crippen MR) is 120 cm³/mol. The van der Waals surface area contributed by atoms with Crippen molar-refractivity contribution < 1.29 is 17.6 Å². The van der Waals surface area contributed by atoms with Gasteiger partial charge < -0.3 is 10.6 Å². The molecule has 2 N–H and O–H groups in total. The summed E-state index contributed by atoms with van der Waals surface area (Å²) in [5.41, 5.74) is 3.61. The van der Waals surface area contributed by atoms with Gasteiger partial charge in [0.05, 0.1) is 10.6 Å². The Bertz CT molecular complexity index is 1210. The van der Waals surface area contributed by atoms with Gasteiger partial charge in [-0.15, -0.1) is 0 Å². The van der Waals surface area contributed by atoms with Gasteiger partial charge in [-0.25, -0.2) is 17.6 Å². The van der Waals surface area contributed by atoms with Crippen LogP contribution in [0, 0.1) is 12.7 Å². The third-order valence-corrected chi connectivity index (χ3v) is 6.96. The van der Waals surface area contributed by atoms with Gasteiger partial charge in [0.15, 0.2) is 0 Å². The lowest BCUT2D eigenvalue weighted by Crippen LogP contribution is -2.35. The van der Waals surface area contributed by atoms with Crippen molar-refractivity contribution in [3.05, 3.63) is 83.7 Å². The molecule has 1 aliphatic heterocycles. The summed E-state index contributed by atoms with van der Waals surface area (Å²) in [6.07, 6.45) is 1.41. The highest BCUT2D eigenvalue weighted by Gasteiger charge is 2.29.